The van der Waals surface area contributed by atoms with Gasteiger partial charge in [-0.15, -0.1) is 0 Å². The average molecular weight is 271 g/mol. The summed E-state index contributed by atoms with van der Waals surface area (Å²) < 4.78 is 0. The molecule has 1 N–H and O–H groups in total. The van der Waals surface area contributed by atoms with Crippen LogP contribution < -0.4 is 26.0 Å². The van der Waals surface area contributed by atoms with Crippen LogP contribution in [-0.4, -0.2) is 33.2 Å². The van der Waals surface area contributed by atoms with Gasteiger partial charge in [-0.05, 0) is 12.1 Å². The number of nitrogens with zero attached hydrogens (tertiary/aromatic N) is 2. The van der Waals surface area contributed by atoms with Crippen molar-refractivity contribution in [1.82, 2.24) is 0 Å². The summed E-state index contributed by atoms with van der Waals surface area (Å²) in [6, 6.07) is 10.2. The first-order chi connectivity index (χ1) is 9.72. The Labute approximate surface area is 117 Å². The molecule has 0 aromatic heterocycles. The monoisotopic (exact) mass is 271 g/mol. The van der Waals surface area contributed by atoms with Crippen molar-refractivity contribution in [2.75, 3.05) is 48.3 Å². The van der Waals surface area contributed by atoms with E-state index in [0.29, 0.717) is 11.4 Å². The molecular weight excluding hydrogens is 254 g/mol. The fourth-order valence-corrected chi connectivity index (χ4v) is 2.74. The normalized spacial score (nSPS) is 15.7. The van der Waals surface area contributed by atoms with Crippen LogP contribution in [0.1, 0.15) is 0 Å². The van der Waals surface area contributed by atoms with Gasteiger partial charge in [0.05, 0.1) is 0 Å². The molecule has 20 heavy (non-hydrogen) atoms. The molecular formula is C15H17N3O2. The van der Waals surface area contributed by atoms with Gasteiger partial charge in [0.2, 0.25) is 0 Å². The first kappa shape index (κ1) is 12.7. The molecule has 2 aromatic carbocycles. The van der Waals surface area contributed by atoms with Gasteiger partial charge in [0.1, 0.15) is 11.4 Å². The van der Waals surface area contributed by atoms with Gasteiger partial charge in [0.25, 0.3) is 10.9 Å². The second-order valence-electron chi connectivity index (χ2n) is 4.94. The molecule has 1 aliphatic rings. The van der Waals surface area contributed by atoms with Crippen LogP contribution in [0.3, 0.4) is 0 Å². The molecule has 0 saturated carbocycles. The quantitative estimate of drug-likeness (QED) is 0.831. The minimum absolute atomic E-state index is 0.359. The summed E-state index contributed by atoms with van der Waals surface area (Å²) in [4.78, 5) is 27.4. The van der Waals surface area contributed by atoms with E-state index in [1.165, 1.54) is 5.69 Å². The Balaban J connectivity index is 1.72. The summed E-state index contributed by atoms with van der Waals surface area (Å²) in [5.41, 5.74) is 1.47. The summed E-state index contributed by atoms with van der Waals surface area (Å²) in [7, 11) is 1.68. The van der Waals surface area contributed by atoms with Crippen molar-refractivity contribution in [3.05, 3.63) is 50.8 Å². The van der Waals surface area contributed by atoms with Crippen LogP contribution in [0.4, 0.5) is 17.1 Å². The number of hydrogen-bond acceptors (Lipinski definition) is 5. The lowest BCUT2D eigenvalue weighted by atomic mass is 10.1. The molecule has 5 nitrogen and oxygen atoms in total. The number of piperazine rings is 1. The molecule has 1 saturated heterocycles. The smallest absolute Gasteiger partial charge is 0.253 e. The van der Waals surface area contributed by atoms with E-state index >= 15 is 0 Å². The van der Waals surface area contributed by atoms with Crippen LogP contribution in [0.25, 0.3) is 0 Å². The highest BCUT2D eigenvalue weighted by molar-refractivity contribution is 5.75. The lowest BCUT2D eigenvalue weighted by Gasteiger charge is -2.38. The summed E-state index contributed by atoms with van der Waals surface area (Å²) >= 11 is 0. The molecule has 5 heteroatoms. The molecule has 104 valence electrons. The highest BCUT2D eigenvalue weighted by Gasteiger charge is 2.27. The van der Waals surface area contributed by atoms with Gasteiger partial charge in [-0.1, -0.05) is 18.2 Å². The zero-order valence-corrected chi connectivity index (χ0v) is 11.4. The summed E-state index contributed by atoms with van der Waals surface area (Å²) in [6.45, 7) is 3.22. The van der Waals surface area contributed by atoms with Gasteiger partial charge in [-0.3, -0.25) is 9.59 Å². The molecule has 0 radical (unpaired) electrons. The third-order valence-corrected chi connectivity index (χ3v) is 3.85. The Kier molecular flexibility index (Phi) is 3.18. The minimum Gasteiger partial charge on any atom is -0.383 e. The maximum absolute atomic E-state index is 11.7. The maximum atomic E-state index is 11.7. The molecule has 2 aromatic rings. The number of nitrogens with one attached hydrogen (secondary N) is 1. The second-order valence-corrected chi connectivity index (χ2v) is 4.94. The van der Waals surface area contributed by atoms with Crippen molar-refractivity contribution in [3.8, 4) is 0 Å². The molecule has 0 atom stereocenters. The van der Waals surface area contributed by atoms with E-state index in [1.54, 1.807) is 7.05 Å². The highest BCUT2D eigenvalue weighted by atomic mass is 16.2. The van der Waals surface area contributed by atoms with Crippen molar-refractivity contribution in [2.45, 2.75) is 0 Å². The van der Waals surface area contributed by atoms with Crippen molar-refractivity contribution in [1.29, 1.82) is 0 Å². The Morgan fingerprint density at radius 1 is 0.900 bits per heavy atom. The van der Waals surface area contributed by atoms with Gasteiger partial charge >= 0.3 is 0 Å². The first-order valence-electron chi connectivity index (χ1n) is 6.78. The molecule has 0 amide bonds. The third kappa shape index (κ3) is 1.95. The SMILES string of the molecule is CNc1c(N2CCN(c3ccccc3)CC2)c(=O)c1=O. The van der Waals surface area contributed by atoms with Crippen LogP contribution >= 0.6 is 0 Å². The molecule has 1 heterocycles. The van der Waals surface area contributed by atoms with E-state index < -0.39 is 5.43 Å². The lowest BCUT2D eigenvalue weighted by Crippen LogP contribution is -2.51. The Bertz CT molecular complexity index is 666. The van der Waals surface area contributed by atoms with Crippen molar-refractivity contribution < 1.29 is 0 Å². The van der Waals surface area contributed by atoms with Crippen molar-refractivity contribution in [3.63, 3.8) is 0 Å². The highest BCUT2D eigenvalue weighted by Crippen LogP contribution is 2.23. The van der Waals surface area contributed by atoms with Crippen LogP contribution in [-0.2, 0) is 0 Å². The average Bonchev–Trinajstić information content (AvgIpc) is 2.52. The van der Waals surface area contributed by atoms with E-state index in [4.69, 9.17) is 0 Å². The number of rotatable bonds is 3. The predicted molar refractivity (Wildman–Crippen MR) is 81.8 cm³/mol. The van der Waals surface area contributed by atoms with Crippen molar-refractivity contribution in [2.24, 2.45) is 0 Å². The van der Waals surface area contributed by atoms with E-state index in [2.05, 4.69) is 22.3 Å². The Hall–Kier alpha value is -2.30. The zero-order valence-electron chi connectivity index (χ0n) is 11.4. The Morgan fingerprint density at radius 2 is 1.50 bits per heavy atom. The number of para-hydroxylation sites is 1. The molecule has 0 aliphatic carbocycles. The second kappa shape index (κ2) is 5.00. The van der Waals surface area contributed by atoms with Crippen molar-refractivity contribution >= 4 is 17.1 Å². The zero-order chi connectivity index (χ0) is 14.1. The predicted octanol–water partition coefficient (Wildman–Crippen LogP) is 0.651. The topological polar surface area (TPSA) is 52.6 Å². The first-order valence-corrected chi connectivity index (χ1v) is 6.78. The molecule has 0 spiro atoms. The molecule has 1 aliphatic heterocycles. The van der Waals surface area contributed by atoms with Crippen LogP contribution in [0, 0.1) is 0 Å². The van der Waals surface area contributed by atoms with Gasteiger partial charge in [-0.25, -0.2) is 0 Å². The van der Waals surface area contributed by atoms with Gasteiger partial charge < -0.3 is 15.1 Å². The number of anilines is 3. The van der Waals surface area contributed by atoms with Gasteiger partial charge in [0, 0.05) is 38.9 Å². The maximum Gasteiger partial charge on any atom is 0.253 e. The van der Waals surface area contributed by atoms with E-state index in [0.717, 1.165) is 26.2 Å². The molecule has 0 unspecified atom stereocenters. The summed E-state index contributed by atoms with van der Waals surface area (Å²) in [6.07, 6.45) is 0. The number of benzene rings is 1. The van der Waals surface area contributed by atoms with Gasteiger partial charge in [-0.2, -0.15) is 0 Å². The van der Waals surface area contributed by atoms with Crippen LogP contribution in [0.5, 0.6) is 0 Å². The number of hydrogen-bond donors (Lipinski definition) is 1. The van der Waals surface area contributed by atoms with Crippen LogP contribution in [0.15, 0.2) is 39.9 Å². The standard InChI is InChI=1S/C15H17N3O2/c1-16-12-13(15(20)14(12)19)18-9-7-17(8-10-18)11-5-3-2-4-6-11/h2-6,16H,7-10H2,1H3. The fourth-order valence-electron chi connectivity index (χ4n) is 2.74. The minimum atomic E-state index is -0.395. The summed E-state index contributed by atoms with van der Waals surface area (Å²) in [5.74, 6) is 0. The molecule has 1 fully saturated rings. The molecule has 3 rings (SSSR count). The Morgan fingerprint density at radius 3 is 2.10 bits per heavy atom. The molecule has 0 bridgehead atoms. The largest absolute Gasteiger partial charge is 0.383 e. The van der Waals surface area contributed by atoms with Gasteiger partial charge in [0.15, 0.2) is 0 Å². The third-order valence-electron chi connectivity index (χ3n) is 3.85. The lowest BCUT2D eigenvalue weighted by molar-refractivity contribution is 0.651. The van der Waals surface area contributed by atoms with E-state index in [9.17, 15) is 9.59 Å². The summed E-state index contributed by atoms with van der Waals surface area (Å²) in [5, 5.41) is 2.83. The van der Waals surface area contributed by atoms with Crippen LogP contribution in [0.2, 0.25) is 0 Å². The van der Waals surface area contributed by atoms with E-state index in [-0.39, 0.29) is 5.43 Å². The van der Waals surface area contributed by atoms with E-state index in [1.807, 2.05) is 23.1 Å². The fraction of sp³-hybridized carbons (Fsp3) is 0.333.